The molecular formula is C12H12N2O. The van der Waals surface area contributed by atoms with Crippen LogP contribution in [-0.2, 0) is 5.60 Å². The van der Waals surface area contributed by atoms with Crippen LogP contribution in [0.2, 0.25) is 0 Å². The minimum Gasteiger partial charge on any atom is -0.383 e. The highest BCUT2D eigenvalue weighted by Crippen LogP contribution is 2.44. The molecule has 1 aliphatic rings. The van der Waals surface area contributed by atoms with Crippen LogP contribution in [0, 0.1) is 0 Å². The highest BCUT2D eigenvalue weighted by atomic mass is 16.3. The Kier molecular flexibility index (Phi) is 1.70. The molecule has 1 N–H and O–H groups in total. The summed E-state index contributed by atoms with van der Waals surface area (Å²) in [5.41, 5.74) is 1.17. The van der Waals surface area contributed by atoms with E-state index in [2.05, 4.69) is 5.10 Å². The van der Waals surface area contributed by atoms with E-state index in [1.54, 1.807) is 4.68 Å². The van der Waals surface area contributed by atoms with Crippen molar-refractivity contribution in [3.8, 4) is 5.69 Å². The van der Waals surface area contributed by atoms with Crippen LogP contribution < -0.4 is 0 Å². The summed E-state index contributed by atoms with van der Waals surface area (Å²) in [6.07, 6.45) is 3.55. The molecular weight excluding hydrogens is 188 g/mol. The molecule has 0 aliphatic heterocycles. The van der Waals surface area contributed by atoms with Crippen molar-refractivity contribution in [3.05, 3.63) is 48.3 Å². The standard InChI is InChI=1S/C12H12N2O/c15-12(7-8-12)11-6-9-14(13-11)10-4-2-1-3-5-10/h1-6,9,15H,7-8H2. The monoisotopic (exact) mass is 200 g/mol. The summed E-state index contributed by atoms with van der Waals surface area (Å²) >= 11 is 0. The second-order valence-electron chi connectivity index (χ2n) is 4.01. The quantitative estimate of drug-likeness (QED) is 0.803. The van der Waals surface area contributed by atoms with Crippen molar-refractivity contribution in [3.63, 3.8) is 0 Å². The molecule has 1 aromatic carbocycles. The molecule has 0 amide bonds. The molecule has 0 unspecified atom stereocenters. The van der Waals surface area contributed by atoms with E-state index in [9.17, 15) is 5.11 Å². The van der Waals surface area contributed by atoms with Gasteiger partial charge in [-0.15, -0.1) is 0 Å². The number of benzene rings is 1. The Morgan fingerprint density at radius 3 is 2.53 bits per heavy atom. The molecule has 0 saturated heterocycles. The average Bonchev–Trinajstić information content (AvgIpc) is 2.85. The molecule has 3 rings (SSSR count). The number of aliphatic hydroxyl groups is 1. The maximum absolute atomic E-state index is 9.88. The van der Waals surface area contributed by atoms with Crippen molar-refractivity contribution >= 4 is 0 Å². The van der Waals surface area contributed by atoms with Crippen LogP contribution in [0.4, 0.5) is 0 Å². The second-order valence-corrected chi connectivity index (χ2v) is 4.01. The van der Waals surface area contributed by atoms with Crippen molar-refractivity contribution in [2.45, 2.75) is 18.4 Å². The number of aromatic nitrogens is 2. The Morgan fingerprint density at radius 1 is 1.13 bits per heavy atom. The van der Waals surface area contributed by atoms with Gasteiger partial charge in [0.1, 0.15) is 5.60 Å². The number of hydrogen-bond donors (Lipinski definition) is 1. The molecule has 0 bridgehead atoms. The molecule has 1 heterocycles. The van der Waals surface area contributed by atoms with Crippen LogP contribution in [-0.4, -0.2) is 14.9 Å². The van der Waals surface area contributed by atoms with Gasteiger partial charge < -0.3 is 5.11 Å². The van der Waals surface area contributed by atoms with Gasteiger partial charge in [-0.1, -0.05) is 18.2 Å². The van der Waals surface area contributed by atoms with Gasteiger partial charge in [0.05, 0.1) is 11.4 Å². The molecule has 1 aromatic heterocycles. The maximum atomic E-state index is 9.88. The SMILES string of the molecule is OC1(c2ccn(-c3ccccc3)n2)CC1. The molecule has 15 heavy (non-hydrogen) atoms. The highest BCUT2D eigenvalue weighted by molar-refractivity contribution is 5.31. The van der Waals surface area contributed by atoms with E-state index in [4.69, 9.17) is 0 Å². The molecule has 0 atom stereocenters. The van der Waals surface area contributed by atoms with Gasteiger partial charge in [-0.3, -0.25) is 0 Å². The van der Waals surface area contributed by atoms with Gasteiger partial charge in [0, 0.05) is 6.20 Å². The zero-order valence-electron chi connectivity index (χ0n) is 8.30. The summed E-state index contributed by atoms with van der Waals surface area (Å²) < 4.78 is 1.80. The van der Waals surface area contributed by atoms with Crippen LogP contribution in [0.25, 0.3) is 5.69 Å². The third-order valence-electron chi connectivity index (χ3n) is 2.81. The molecule has 0 spiro atoms. The first kappa shape index (κ1) is 8.68. The Hall–Kier alpha value is -1.61. The van der Waals surface area contributed by atoms with E-state index in [1.807, 2.05) is 42.6 Å². The first-order chi connectivity index (χ1) is 7.28. The normalized spacial score (nSPS) is 17.7. The molecule has 1 fully saturated rings. The molecule has 0 radical (unpaired) electrons. The van der Waals surface area contributed by atoms with E-state index in [1.165, 1.54) is 0 Å². The molecule has 1 saturated carbocycles. The summed E-state index contributed by atoms with van der Waals surface area (Å²) in [5, 5.41) is 14.3. The lowest BCUT2D eigenvalue weighted by atomic mass is 10.2. The highest BCUT2D eigenvalue weighted by Gasteiger charge is 2.44. The topological polar surface area (TPSA) is 38.0 Å². The lowest BCUT2D eigenvalue weighted by Gasteiger charge is -2.03. The minimum atomic E-state index is -0.639. The Bertz CT molecular complexity index is 471. The summed E-state index contributed by atoms with van der Waals surface area (Å²) in [4.78, 5) is 0. The van der Waals surface area contributed by atoms with Crippen molar-refractivity contribution < 1.29 is 5.11 Å². The number of hydrogen-bond acceptors (Lipinski definition) is 2. The molecule has 3 heteroatoms. The fourth-order valence-corrected chi connectivity index (χ4v) is 1.67. The van der Waals surface area contributed by atoms with Gasteiger partial charge in [-0.05, 0) is 31.0 Å². The van der Waals surface area contributed by atoms with Crippen LogP contribution in [0.5, 0.6) is 0 Å². The summed E-state index contributed by atoms with van der Waals surface area (Å²) in [6, 6.07) is 11.8. The maximum Gasteiger partial charge on any atom is 0.109 e. The number of para-hydroxylation sites is 1. The largest absolute Gasteiger partial charge is 0.383 e. The lowest BCUT2D eigenvalue weighted by molar-refractivity contribution is 0.146. The lowest BCUT2D eigenvalue weighted by Crippen LogP contribution is -2.06. The molecule has 1 aliphatic carbocycles. The van der Waals surface area contributed by atoms with Gasteiger partial charge in [0.2, 0.25) is 0 Å². The second kappa shape index (κ2) is 2.94. The Morgan fingerprint density at radius 2 is 1.87 bits per heavy atom. The van der Waals surface area contributed by atoms with E-state index in [-0.39, 0.29) is 0 Å². The Balaban J connectivity index is 1.97. The zero-order chi connectivity index (χ0) is 10.3. The third-order valence-corrected chi connectivity index (χ3v) is 2.81. The van der Waals surface area contributed by atoms with Crippen molar-refractivity contribution in [1.82, 2.24) is 9.78 Å². The van der Waals surface area contributed by atoms with E-state index >= 15 is 0 Å². The first-order valence-corrected chi connectivity index (χ1v) is 5.12. The number of rotatable bonds is 2. The zero-order valence-corrected chi connectivity index (χ0v) is 8.30. The summed E-state index contributed by atoms with van der Waals surface area (Å²) in [5.74, 6) is 0. The minimum absolute atomic E-state index is 0.639. The fourth-order valence-electron chi connectivity index (χ4n) is 1.67. The predicted octanol–water partition coefficient (Wildman–Crippen LogP) is 1.85. The number of nitrogens with zero attached hydrogens (tertiary/aromatic N) is 2. The van der Waals surface area contributed by atoms with E-state index in [0.717, 1.165) is 24.2 Å². The fraction of sp³-hybridized carbons (Fsp3) is 0.250. The van der Waals surface area contributed by atoms with Crippen molar-refractivity contribution in [2.24, 2.45) is 0 Å². The average molecular weight is 200 g/mol. The van der Waals surface area contributed by atoms with Gasteiger partial charge in [0.15, 0.2) is 0 Å². The molecule has 3 nitrogen and oxygen atoms in total. The predicted molar refractivity (Wildman–Crippen MR) is 56.7 cm³/mol. The van der Waals surface area contributed by atoms with Crippen LogP contribution in [0.15, 0.2) is 42.6 Å². The summed E-state index contributed by atoms with van der Waals surface area (Å²) in [7, 11) is 0. The van der Waals surface area contributed by atoms with Gasteiger partial charge in [-0.25, -0.2) is 4.68 Å². The van der Waals surface area contributed by atoms with E-state index in [0.29, 0.717) is 0 Å². The van der Waals surface area contributed by atoms with Gasteiger partial charge >= 0.3 is 0 Å². The molecule has 76 valence electrons. The van der Waals surface area contributed by atoms with Crippen molar-refractivity contribution in [2.75, 3.05) is 0 Å². The smallest absolute Gasteiger partial charge is 0.109 e. The first-order valence-electron chi connectivity index (χ1n) is 5.12. The third kappa shape index (κ3) is 1.45. The molecule has 2 aromatic rings. The van der Waals surface area contributed by atoms with Crippen LogP contribution in [0.3, 0.4) is 0 Å². The van der Waals surface area contributed by atoms with Gasteiger partial charge in [-0.2, -0.15) is 5.10 Å². The Labute approximate surface area is 88.0 Å². The van der Waals surface area contributed by atoms with Crippen LogP contribution >= 0.6 is 0 Å². The van der Waals surface area contributed by atoms with Gasteiger partial charge in [0.25, 0.3) is 0 Å². The van der Waals surface area contributed by atoms with Crippen LogP contribution in [0.1, 0.15) is 18.5 Å². The van der Waals surface area contributed by atoms with Crippen molar-refractivity contribution in [1.29, 1.82) is 0 Å². The van der Waals surface area contributed by atoms with E-state index < -0.39 is 5.60 Å². The summed E-state index contributed by atoms with van der Waals surface area (Å²) in [6.45, 7) is 0.